The van der Waals surface area contributed by atoms with E-state index < -0.39 is 0 Å². The van der Waals surface area contributed by atoms with Crippen LogP contribution in [0.2, 0.25) is 0 Å². The molecule has 29 heavy (non-hydrogen) atoms. The zero-order chi connectivity index (χ0) is 19.6. The van der Waals surface area contributed by atoms with Crippen molar-refractivity contribution in [2.24, 2.45) is 11.3 Å². The molecule has 1 aliphatic heterocycles. The van der Waals surface area contributed by atoms with Crippen molar-refractivity contribution in [2.45, 2.75) is 58.4 Å². The third kappa shape index (κ3) is 5.07. The second-order valence-electron chi connectivity index (χ2n) is 9.75. The first-order valence-electron chi connectivity index (χ1n) is 11.1. The fraction of sp³-hybridized carbons (Fsp3) is 0.600. The molecule has 0 bridgehead atoms. The summed E-state index contributed by atoms with van der Waals surface area (Å²) in [7, 11) is 0. The molecule has 2 aliphatic rings. The summed E-state index contributed by atoms with van der Waals surface area (Å²) in [6.07, 6.45) is 7.14. The van der Waals surface area contributed by atoms with Crippen LogP contribution in [0.1, 0.15) is 75.3 Å². The van der Waals surface area contributed by atoms with E-state index in [9.17, 15) is 0 Å². The van der Waals surface area contributed by atoms with Crippen LogP contribution in [0, 0.1) is 11.3 Å². The van der Waals surface area contributed by atoms with Gasteiger partial charge in [0.1, 0.15) is 5.76 Å². The summed E-state index contributed by atoms with van der Waals surface area (Å²) in [5.41, 5.74) is 3.44. The van der Waals surface area contributed by atoms with Gasteiger partial charge in [-0.15, -0.1) is 12.4 Å². The predicted octanol–water partition coefficient (Wildman–Crippen LogP) is 6.02. The van der Waals surface area contributed by atoms with Crippen LogP contribution in [-0.2, 0) is 0 Å². The summed E-state index contributed by atoms with van der Waals surface area (Å²) in [6.45, 7) is 11.5. The molecule has 0 spiro atoms. The van der Waals surface area contributed by atoms with Crippen molar-refractivity contribution >= 4 is 12.4 Å². The standard InChI is InChI=1S/C25H36N2O.ClH/c1-25(2,3)20-12-10-19(11-13-20)21-7-4-5-8-22(21)24(23-9-6-18-28-23)27-16-14-26-15-17-27;/h4-9,18-20,24,26H,10-17H2,1-3H3;1H. The lowest BCUT2D eigenvalue weighted by molar-refractivity contribution is 0.165. The average Bonchev–Trinajstić information content (AvgIpc) is 3.23. The summed E-state index contributed by atoms with van der Waals surface area (Å²) < 4.78 is 5.95. The lowest BCUT2D eigenvalue weighted by Crippen LogP contribution is -2.45. The SMILES string of the molecule is CC(C)(C)C1CCC(c2ccccc2C(c2ccco2)N2CCNCC2)CC1.Cl. The number of piperazine rings is 1. The maximum Gasteiger partial charge on any atom is 0.125 e. The van der Waals surface area contributed by atoms with E-state index in [1.807, 2.05) is 12.3 Å². The van der Waals surface area contributed by atoms with Crippen LogP contribution in [-0.4, -0.2) is 31.1 Å². The van der Waals surface area contributed by atoms with E-state index in [1.54, 1.807) is 5.56 Å². The molecular weight excluding hydrogens is 380 g/mol. The van der Waals surface area contributed by atoms with Gasteiger partial charge >= 0.3 is 0 Å². The fourth-order valence-electron chi connectivity index (χ4n) is 5.32. The van der Waals surface area contributed by atoms with Crippen molar-refractivity contribution in [1.82, 2.24) is 10.2 Å². The van der Waals surface area contributed by atoms with Crippen molar-refractivity contribution in [3.63, 3.8) is 0 Å². The molecule has 1 N–H and O–H groups in total. The quantitative estimate of drug-likeness (QED) is 0.660. The maximum absolute atomic E-state index is 5.95. The Balaban J connectivity index is 0.00000240. The van der Waals surface area contributed by atoms with Gasteiger partial charge in [-0.2, -0.15) is 0 Å². The Hall–Kier alpha value is -1.29. The Kier molecular flexibility index (Phi) is 7.47. The summed E-state index contributed by atoms with van der Waals surface area (Å²) in [4.78, 5) is 2.59. The molecule has 1 aliphatic carbocycles. The second kappa shape index (κ2) is 9.68. The summed E-state index contributed by atoms with van der Waals surface area (Å²) in [5.74, 6) is 2.61. The molecule has 1 saturated heterocycles. The minimum absolute atomic E-state index is 0. The molecule has 1 saturated carbocycles. The van der Waals surface area contributed by atoms with Gasteiger partial charge in [0.05, 0.1) is 12.3 Å². The number of rotatable bonds is 4. The second-order valence-corrected chi connectivity index (χ2v) is 9.75. The lowest BCUT2D eigenvalue weighted by Gasteiger charge is -2.39. The van der Waals surface area contributed by atoms with E-state index >= 15 is 0 Å². The fourth-order valence-corrected chi connectivity index (χ4v) is 5.32. The number of hydrogen-bond donors (Lipinski definition) is 1. The molecule has 160 valence electrons. The number of halogens is 1. The largest absolute Gasteiger partial charge is 0.467 e. The molecular formula is C25H37ClN2O. The molecule has 2 heterocycles. The molecule has 0 radical (unpaired) electrons. The van der Waals surface area contributed by atoms with E-state index in [2.05, 4.69) is 61.3 Å². The average molecular weight is 417 g/mol. The first-order chi connectivity index (χ1) is 13.5. The molecule has 1 aromatic heterocycles. The number of furan rings is 1. The Morgan fingerprint density at radius 3 is 2.28 bits per heavy atom. The van der Waals surface area contributed by atoms with Gasteiger partial charge in [-0.05, 0) is 66.2 Å². The highest BCUT2D eigenvalue weighted by Gasteiger charge is 2.33. The van der Waals surface area contributed by atoms with Gasteiger partial charge in [-0.1, -0.05) is 45.0 Å². The summed E-state index contributed by atoms with van der Waals surface area (Å²) in [5, 5.41) is 3.49. The number of hydrogen-bond acceptors (Lipinski definition) is 3. The van der Waals surface area contributed by atoms with Gasteiger partial charge in [0.2, 0.25) is 0 Å². The molecule has 4 heteroatoms. The Labute approximate surface area is 182 Å². The zero-order valence-corrected chi connectivity index (χ0v) is 19.0. The van der Waals surface area contributed by atoms with Gasteiger partial charge in [-0.3, -0.25) is 4.90 Å². The Morgan fingerprint density at radius 1 is 0.966 bits per heavy atom. The van der Waals surface area contributed by atoms with Gasteiger partial charge in [0.15, 0.2) is 0 Å². The van der Waals surface area contributed by atoms with Gasteiger partial charge < -0.3 is 9.73 Å². The van der Waals surface area contributed by atoms with Crippen LogP contribution in [0.3, 0.4) is 0 Å². The van der Waals surface area contributed by atoms with E-state index in [0.717, 1.165) is 37.9 Å². The van der Waals surface area contributed by atoms with Gasteiger partial charge in [-0.25, -0.2) is 0 Å². The molecule has 0 amide bonds. The summed E-state index contributed by atoms with van der Waals surface area (Å²) in [6, 6.07) is 13.6. The highest BCUT2D eigenvalue weighted by atomic mass is 35.5. The third-order valence-corrected chi connectivity index (χ3v) is 7.01. The van der Waals surface area contributed by atoms with Crippen LogP contribution < -0.4 is 5.32 Å². The van der Waals surface area contributed by atoms with E-state index in [4.69, 9.17) is 4.42 Å². The first kappa shape index (κ1) is 22.4. The van der Waals surface area contributed by atoms with Gasteiger partial charge in [0, 0.05) is 26.2 Å². The molecule has 3 nitrogen and oxygen atoms in total. The minimum atomic E-state index is 0. The van der Waals surface area contributed by atoms with Crippen molar-refractivity contribution in [3.05, 3.63) is 59.5 Å². The van der Waals surface area contributed by atoms with E-state index in [0.29, 0.717) is 11.3 Å². The number of nitrogens with zero attached hydrogens (tertiary/aromatic N) is 1. The van der Waals surface area contributed by atoms with E-state index in [-0.39, 0.29) is 18.4 Å². The minimum Gasteiger partial charge on any atom is -0.467 e. The highest BCUT2D eigenvalue weighted by Crippen LogP contribution is 2.45. The highest BCUT2D eigenvalue weighted by molar-refractivity contribution is 5.85. The number of nitrogens with one attached hydrogen (secondary N) is 1. The van der Waals surface area contributed by atoms with Gasteiger partial charge in [0.25, 0.3) is 0 Å². The Bertz CT molecular complexity index is 738. The topological polar surface area (TPSA) is 28.4 Å². The summed E-state index contributed by atoms with van der Waals surface area (Å²) >= 11 is 0. The smallest absolute Gasteiger partial charge is 0.125 e. The van der Waals surface area contributed by atoms with Crippen molar-refractivity contribution in [2.75, 3.05) is 26.2 Å². The molecule has 4 rings (SSSR count). The normalized spacial score (nSPS) is 24.7. The molecule has 2 fully saturated rings. The van der Waals surface area contributed by atoms with Crippen LogP contribution in [0.4, 0.5) is 0 Å². The molecule has 1 unspecified atom stereocenters. The van der Waals surface area contributed by atoms with Crippen LogP contribution >= 0.6 is 12.4 Å². The van der Waals surface area contributed by atoms with E-state index in [1.165, 1.54) is 31.2 Å². The van der Waals surface area contributed by atoms with Crippen molar-refractivity contribution in [1.29, 1.82) is 0 Å². The number of benzene rings is 1. The van der Waals surface area contributed by atoms with Crippen LogP contribution in [0.15, 0.2) is 47.1 Å². The lowest BCUT2D eigenvalue weighted by atomic mass is 9.68. The monoisotopic (exact) mass is 416 g/mol. The molecule has 2 aromatic rings. The zero-order valence-electron chi connectivity index (χ0n) is 18.2. The third-order valence-electron chi connectivity index (χ3n) is 7.01. The van der Waals surface area contributed by atoms with Crippen molar-refractivity contribution in [3.8, 4) is 0 Å². The van der Waals surface area contributed by atoms with Crippen molar-refractivity contribution < 1.29 is 4.42 Å². The Morgan fingerprint density at radius 2 is 1.66 bits per heavy atom. The molecule has 1 aromatic carbocycles. The van der Waals surface area contributed by atoms with Crippen LogP contribution in [0.25, 0.3) is 0 Å². The maximum atomic E-state index is 5.95. The first-order valence-corrected chi connectivity index (χ1v) is 11.1. The van der Waals surface area contributed by atoms with Crippen LogP contribution in [0.5, 0.6) is 0 Å². The predicted molar refractivity (Wildman–Crippen MR) is 123 cm³/mol. The molecule has 1 atom stereocenters.